The quantitative estimate of drug-likeness (QED) is 0.813. The molecule has 0 aromatic carbocycles. The first kappa shape index (κ1) is 14.7. The van der Waals surface area contributed by atoms with E-state index in [1.165, 1.54) is 6.92 Å². The summed E-state index contributed by atoms with van der Waals surface area (Å²) in [6, 6.07) is 0. The minimum absolute atomic E-state index is 0.116. The second kappa shape index (κ2) is 4.28. The van der Waals surface area contributed by atoms with E-state index >= 15 is 0 Å². The van der Waals surface area contributed by atoms with E-state index in [0.717, 1.165) is 0 Å². The van der Waals surface area contributed by atoms with Gasteiger partial charge in [-0.3, -0.25) is 0 Å². The van der Waals surface area contributed by atoms with Crippen molar-refractivity contribution in [3.8, 4) is 0 Å². The van der Waals surface area contributed by atoms with Crippen LogP contribution in [0, 0.1) is 5.41 Å². The lowest BCUT2D eigenvalue weighted by atomic mass is 9.90. The zero-order chi connectivity index (χ0) is 11.8. The maximum absolute atomic E-state index is 11.6. The van der Waals surface area contributed by atoms with Crippen LogP contribution in [-0.4, -0.2) is 28.5 Å². The summed E-state index contributed by atoms with van der Waals surface area (Å²) >= 11 is 8.73. The second-order valence-electron chi connectivity index (χ2n) is 4.23. The molecule has 0 amide bonds. The maximum atomic E-state index is 11.6. The van der Waals surface area contributed by atoms with Gasteiger partial charge < -0.3 is 5.11 Å². The van der Waals surface area contributed by atoms with Gasteiger partial charge in [0.05, 0.1) is 5.75 Å². The van der Waals surface area contributed by atoms with Gasteiger partial charge in [0.1, 0.15) is 6.10 Å². The van der Waals surface area contributed by atoms with Crippen LogP contribution in [0.3, 0.4) is 0 Å². The molecule has 3 nitrogen and oxygen atoms in total. The summed E-state index contributed by atoms with van der Waals surface area (Å²) in [7, 11) is -3.55. The molecule has 0 aromatic heterocycles. The van der Waals surface area contributed by atoms with Gasteiger partial charge in [-0.25, -0.2) is 8.42 Å². The Morgan fingerprint density at radius 3 is 2.00 bits per heavy atom. The molecule has 6 heteroatoms. The Morgan fingerprint density at radius 1 is 1.43 bits per heavy atom. The van der Waals surface area contributed by atoms with Crippen LogP contribution < -0.4 is 0 Å². The molecule has 0 aromatic rings. The fourth-order valence-electron chi connectivity index (χ4n) is 0.867. The molecule has 0 saturated heterocycles. The van der Waals surface area contributed by atoms with Crippen LogP contribution in [0.25, 0.3) is 0 Å². The van der Waals surface area contributed by atoms with E-state index in [2.05, 4.69) is 15.9 Å². The third-order valence-corrected chi connectivity index (χ3v) is 6.57. The molecule has 0 spiro atoms. The summed E-state index contributed by atoms with van der Waals surface area (Å²) in [6.45, 7) is 6.66. The van der Waals surface area contributed by atoms with Crippen molar-refractivity contribution in [2.45, 2.75) is 36.9 Å². The molecule has 0 radical (unpaired) electrons. The molecule has 0 aliphatic heterocycles. The Hall–Kier alpha value is 0.680. The zero-order valence-corrected chi connectivity index (χ0v) is 11.9. The highest BCUT2D eigenvalue weighted by atomic mass is 79.9. The average Bonchev–Trinajstić information content (AvgIpc) is 2.01. The van der Waals surface area contributed by atoms with Gasteiger partial charge in [-0.1, -0.05) is 39.3 Å². The van der Waals surface area contributed by atoms with Crippen LogP contribution in [0.1, 0.15) is 27.7 Å². The standard InChI is InChI=1S/C8H16BrClO3S/c1-5-14(12,13)8(9,10)6(11)7(2,3)4/h6,11H,5H2,1-4H3/t6-,8-/m0/s1. The van der Waals surface area contributed by atoms with Gasteiger partial charge >= 0.3 is 0 Å². The van der Waals surface area contributed by atoms with Crippen molar-refractivity contribution in [3.63, 3.8) is 0 Å². The molecule has 0 bridgehead atoms. The third kappa shape index (κ3) is 2.84. The molecule has 0 fully saturated rings. The Kier molecular flexibility index (Phi) is 4.48. The van der Waals surface area contributed by atoms with Crippen LogP contribution in [0.4, 0.5) is 0 Å². The van der Waals surface area contributed by atoms with Gasteiger partial charge in [0.25, 0.3) is 0 Å². The predicted octanol–water partition coefficient (Wildman–Crippen LogP) is 2.12. The summed E-state index contributed by atoms with van der Waals surface area (Å²) < 4.78 is 21.3. The summed E-state index contributed by atoms with van der Waals surface area (Å²) in [5, 5.41) is 9.82. The second-order valence-corrected chi connectivity index (χ2v) is 9.74. The van der Waals surface area contributed by atoms with Crippen molar-refractivity contribution in [1.29, 1.82) is 0 Å². The molecule has 1 N–H and O–H groups in total. The number of aliphatic hydroxyl groups excluding tert-OH is 1. The smallest absolute Gasteiger partial charge is 0.225 e. The topological polar surface area (TPSA) is 54.4 Å². The first-order valence-electron chi connectivity index (χ1n) is 4.25. The minimum Gasteiger partial charge on any atom is -0.389 e. The summed E-state index contributed by atoms with van der Waals surface area (Å²) in [4.78, 5) is 0. The van der Waals surface area contributed by atoms with Gasteiger partial charge in [-0.15, -0.1) is 0 Å². The number of sulfone groups is 1. The molecule has 0 aliphatic carbocycles. The van der Waals surface area contributed by atoms with Crippen molar-refractivity contribution in [1.82, 2.24) is 0 Å². The first-order chi connectivity index (χ1) is 5.97. The molecule has 2 atom stereocenters. The van der Waals surface area contributed by atoms with E-state index in [1.54, 1.807) is 20.8 Å². The number of hydrogen-bond acceptors (Lipinski definition) is 3. The molecule has 0 rings (SSSR count). The lowest BCUT2D eigenvalue weighted by Gasteiger charge is -2.34. The molecule has 0 saturated carbocycles. The Balaban J connectivity index is 5.18. The van der Waals surface area contributed by atoms with Crippen molar-refractivity contribution in [2.24, 2.45) is 5.41 Å². The monoisotopic (exact) mass is 306 g/mol. The van der Waals surface area contributed by atoms with Crippen LogP contribution in [0.15, 0.2) is 0 Å². The van der Waals surface area contributed by atoms with Crippen LogP contribution >= 0.6 is 27.5 Å². The SMILES string of the molecule is CCS(=O)(=O)[C@](Cl)(Br)[C@@H](O)C(C)(C)C. The Labute approximate surface area is 98.9 Å². The number of aliphatic hydroxyl groups is 1. The van der Waals surface area contributed by atoms with E-state index in [1.807, 2.05) is 0 Å². The van der Waals surface area contributed by atoms with Crippen LogP contribution in [-0.2, 0) is 9.84 Å². The molecule has 0 heterocycles. The lowest BCUT2D eigenvalue weighted by molar-refractivity contribution is 0.0692. The third-order valence-electron chi connectivity index (χ3n) is 1.93. The normalized spacial score (nSPS) is 20.2. The van der Waals surface area contributed by atoms with Gasteiger partial charge in [0, 0.05) is 0 Å². The largest absolute Gasteiger partial charge is 0.389 e. The molecule has 0 unspecified atom stereocenters. The fraction of sp³-hybridized carbons (Fsp3) is 1.00. The van der Waals surface area contributed by atoms with Gasteiger partial charge in [0.2, 0.25) is 3.12 Å². The highest BCUT2D eigenvalue weighted by molar-refractivity contribution is 9.12. The van der Waals surface area contributed by atoms with Crippen molar-refractivity contribution in [2.75, 3.05) is 5.75 Å². The molecule has 14 heavy (non-hydrogen) atoms. The molecule has 86 valence electrons. The fourth-order valence-corrected chi connectivity index (χ4v) is 3.97. The minimum atomic E-state index is -3.55. The Morgan fingerprint density at radius 2 is 1.79 bits per heavy atom. The van der Waals surface area contributed by atoms with E-state index < -0.39 is 24.5 Å². The van der Waals surface area contributed by atoms with E-state index in [4.69, 9.17) is 11.6 Å². The van der Waals surface area contributed by atoms with E-state index in [0.29, 0.717) is 0 Å². The summed E-state index contributed by atoms with van der Waals surface area (Å²) in [5.74, 6) is -0.116. The number of rotatable bonds is 3. The van der Waals surface area contributed by atoms with Crippen molar-refractivity contribution >= 4 is 37.4 Å². The van der Waals surface area contributed by atoms with Gasteiger partial charge in [-0.2, -0.15) is 0 Å². The predicted molar refractivity (Wildman–Crippen MR) is 62.4 cm³/mol. The molecule has 0 aliphatic rings. The number of halogens is 2. The van der Waals surface area contributed by atoms with Crippen molar-refractivity contribution in [3.05, 3.63) is 0 Å². The average molecular weight is 308 g/mol. The van der Waals surface area contributed by atoms with Gasteiger partial charge in [0.15, 0.2) is 9.84 Å². The molecular weight excluding hydrogens is 292 g/mol. The highest BCUT2D eigenvalue weighted by Gasteiger charge is 2.49. The van der Waals surface area contributed by atoms with E-state index in [9.17, 15) is 13.5 Å². The summed E-state index contributed by atoms with van der Waals surface area (Å²) in [6.07, 6.45) is -1.18. The van der Waals surface area contributed by atoms with Crippen molar-refractivity contribution < 1.29 is 13.5 Å². The number of hydrogen-bond donors (Lipinski definition) is 1. The number of alkyl halides is 2. The zero-order valence-electron chi connectivity index (χ0n) is 8.71. The Bertz CT molecular complexity index is 292. The first-order valence-corrected chi connectivity index (χ1v) is 7.07. The van der Waals surface area contributed by atoms with E-state index in [-0.39, 0.29) is 5.75 Å². The van der Waals surface area contributed by atoms with Crippen LogP contribution in [0.2, 0.25) is 0 Å². The molecular formula is C8H16BrClO3S. The van der Waals surface area contributed by atoms with Crippen LogP contribution in [0.5, 0.6) is 0 Å². The highest BCUT2D eigenvalue weighted by Crippen LogP contribution is 2.41. The maximum Gasteiger partial charge on any atom is 0.225 e. The summed E-state index contributed by atoms with van der Waals surface area (Å²) in [5.41, 5.74) is -0.604. The lowest BCUT2D eigenvalue weighted by Crippen LogP contribution is -2.46. The van der Waals surface area contributed by atoms with Gasteiger partial charge in [-0.05, 0) is 21.3 Å².